The predicted molar refractivity (Wildman–Crippen MR) is 71.6 cm³/mol. The van der Waals surface area contributed by atoms with Gasteiger partial charge in [-0.2, -0.15) is 0 Å². The molecule has 1 heterocycles. The summed E-state index contributed by atoms with van der Waals surface area (Å²) < 4.78 is 0. The molecule has 1 atom stereocenters. The molecule has 1 fully saturated rings. The molecule has 0 bridgehead atoms. The van der Waals surface area contributed by atoms with Crippen LogP contribution in [0.5, 0.6) is 0 Å². The van der Waals surface area contributed by atoms with Crippen LogP contribution in [0.2, 0.25) is 0 Å². The van der Waals surface area contributed by atoms with Crippen LogP contribution in [0, 0.1) is 6.92 Å². The van der Waals surface area contributed by atoms with Gasteiger partial charge in [0, 0.05) is 18.8 Å². The molecule has 0 aromatic heterocycles. The maximum absolute atomic E-state index is 11.9. The number of carbonyl (C=O) groups excluding carboxylic acids is 2. The number of amides is 2. The van der Waals surface area contributed by atoms with E-state index in [-0.39, 0.29) is 6.54 Å². The molecule has 0 radical (unpaired) electrons. The van der Waals surface area contributed by atoms with Crippen LogP contribution in [-0.4, -0.2) is 41.0 Å². The van der Waals surface area contributed by atoms with E-state index in [1.54, 1.807) is 12.1 Å². The number of carbonyl (C=O) groups is 2. The summed E-state index contributed by atoms with van der Waals surface area (Å²) in [7, 11) is 0. The summed E-state index contributed by atoms with van der Waals surface area (Å²) in [5.41, 5.74) is 1.69. The normalized spacial score (nSPS) is 19.1. The fraction of sp³-hybridized carbons (Fsp3) is 0.429. The SMILES string of the molecule is Cc1ccc(NC(=O)C(=O)N2CCC[C@H](O)C2)cc1. The second-order valence-electron chi connectivity index (χ2n) is 4.87. The van der Waals surface area contributed by atoms with Crippen molar-refractivity contribution in [3.63, 3.8) is 0 Å². The summed E-state index contributed by atoms with van der Waals surface area (Å²) in [5, 5.41) is 12.1. The molecular formula is C14H18N2O3. The lowest BCUT2D eigenvalue weighted by atomic mass is 10.1. The van der Waals surface area contributed by atoms with Crippen LogP contribution in [0.25, 0.3) is 0 Å². The first-order valence-electron chi connectivity index (χ1n) is 6.41. The van der Waals surface area contributed by atoms with E-state index >= 15 is 0 Å². The largest absolute Gasteiger partial charge is 0.391 e. The minimum absolute atomic E-state index is 0.236. The molecule has 0 saturated carbocycles. The molecule has 19 heavy (non-hydrogen) atoms. The fourth-order valence-corrected chi connectivity index (χ4v) is 2.10. The standard InChI is InChI=1S/C14H18N2O3/c1-10-4-6-11(7-5-10)15-13(18)14(19)16-8-2-3-12(17)9-16/h4-7,12,17H,2-3,8-9H2,1H3,(H,15,18)/t12-/m0/s1. The van der Waals surface area contributed by atoms with Crippen LogP contribution in [0.1, 0.15) is 18.4 Å². The topological polar surface area (TPSA) is 69.6 Å². The zero-order chi connectivity index (χ0) is 13.8. The van der Waals surface area contributed by atoms with E-state index < -0.39 is 17.9 Å². The number of nitrogens with one attached hydrogen (secondary N) is 1. The van der Waals surface area contributed by atoms with Gasteiger partial charge in [0.1, 0.15) is 0 Å². The van der Waals surface area contributed by atoms with Gasteiger partial charge in [0.05, 0.1) is 6.10 Å². The van der Waals surface area contributed by atoms with E-state index in [0.29, 0.717) is 18.7 Å². The van der Waals surface area contributed by atoms with Gasteiger partial charge in [-0.1, -0.05) is 17.7 Å². The Labute approximate surface area is 112 Å². The van der Waals surface area contributed by atoms with Crippen LogP contribution >= 0.6 is 0 Å². The molecule has 0 unspecified atom stereocenters. The lowest BCUT2D eigenvalue weighted by molar-refractivity contribution is -0.145. The number of aliphatic hydroxyl groups excluding tert-OH is 1. The van der Waals surface area contributed by atoms with Crippen LogP contribution in [0.4, 0.5) is 5.69 Å². The summed E-state index contributed by atoms with van der Waals surface area (Å²) in [5.74, 6) is -1.24. The molecule has 1 saturated heterocycles. The first-order chi connectivity index (χ1) is 9.06. The average molecular weight is 262 g/mol. The maximum atomic E-state index is 11.9. The van der Waals surface area contributed by atoms with Crippen molar-refractivity contribution >= 4 is 17.5 Å². The Morgan fingerprint density at radius 2 is 2.00 bits per heavy atom. The van der Waals surface area contributed by atoms with Crippen molar-refractivity contribution in [2.24, 2.45) is 0 Å². The van der Waals surface area contributed by atoms with Crippen molar-refractivity contribution in [3.05, 3.63) is 29.8 Å². The van der Waals surface area contributed by atoms with Gasteiger partial charge in [0.2, 0.25) is 0 Å². The molecule has 2 amide bonds. The molecule has 102 valence electrons. The Bertz CT molecular complexity index is 470. The molecule has 0 spiro atoms. The minimum atomic E-state index is -0.655. The number of aliphatic hydroxyl groups is 1. The number of likely N-dealkylation sites (tertiary alicyclic amines) is 1. The average Bonchev–Trinajstić information content (AvgIpc) is 2.40. The number of rotatable bonds is 1. The monoisotopic (exact) mass is 262 g/mol. The van der Waals surface area contributed by atoms with Gasteiger partial charge < -0.3 is 15.3 Å². The molecule has 1 aromatic rings. The Morgan fingerprint density at radius 1 is 1.32 bits per heavy atom. The van der Waals surface area contributed by atoms with E-state index in [9.17, 15) is 14.7 Å². The van der Waals surface area contributed by atoms with Crippen molar-refractivity contribution in [1.82, 2.24) is 4.90 Å². The maximum Gasteiger partial charge on any atom is 0.313 e. The third-order valence-corrected chi connectivity index (χ3v) is 3.19. The highest BCUT2D eigenvalue weighted by molar-refractivity contribution is 6.39. The number of aryl methyl sites for hydroxylation is 1. The van der Waals surface area contributed by atoms with Gasteiger partial charge in [-0.15, -0.1) is 0 Å². The van der Waals surface area contributed by atoms with Crippen molar-refractivity contribution in [1.29, 1.82) is 0 Å². The first kappa shape index (κ1) is 13.5. The van der Waals surface area contributed by atoms with Gasteiger partial charge in [0.15, 0.2) is 0 Å². The summed E-state index contributed by atoms with van der Waals surface area (Å²) in [6, 6.07) is 7.24. The van der Waals surface area contributed by atoms with Crippen LogP contribution in [0.15, 0.2) is 24.3 Å². The first-order valence-corrected chi connectivity index (χ1v) is 6.41. The zero-order valence-electron chi connectivity index (χ0n) is 10.9. The molecule has 0 aliphatic carbocycles. The highest BCUT2D eigenvalue weighted by Crippen LogP contribution is 2.12. The summed E-state index contributed by atoms with van der Waals surface area (Å²) in [4.78, 5) is 25.1. The van der Waals surface area contributed by atoms with Gasteiger partial charge in [0.25, 0.3) is 0 Å². The smallest absolute Gasteiger partial charge is 0.313 e. The highest BCUT2D eigenvalue weighted by atomic mass is 16.3. The summed E-state index contributed by atoms with van der Waals surface area (Å²) >= 11 is 0. The van der Waals surface area contributed by atoms with Gasteiger partial charge >= 0.3 is 11.8 Å². The Hall–Kier alpha value is -1.88. The molecule has 2 N–H and O–H groups in total. The third kappa shape index (κ3) is 3.54. The zero-order valence-corrected chi connectivity index (χ0v) is 10.9. The number of benzene rings is 1. The molecule has 2 rings (SSSR count). The minimum Gasteiger partial charge on any atom is -0.391 e. The van der Waals surface area contributed by atoms with E-state index in [1.807, 2.05) is 19.1 Å². The van der Waals surface area contributed by atoms with Gasteiger partial charge in [-0.25, -0.2) is 0 Å². The van der Waals surface area contributed by atoms with Crippen molar-refractivity contribution < 1.29 is 14.7 Å². The Kier molecular flexibility index (Phi) is 4.16. The molecule has 5 nitrogen and oxygen atoms in total. The van der Waals surface area contributed by atoms with Crippen LogP contribution < -0.4 is 5.32 Å². The van der Waals surface area contributed by atoms with Gasteiger partial charge in [-0.05, 0) is 31.9 Å². The van der Waals surface area contributed by atoms with Crippen LogP contribution in [0.3, 0.4) is 0 Å². The Balaban J connectivity index is 1.95. The second kappa shape index (κ2) is 5.84. The lowest BCUT2D eigenvalue weighted by Crippen LogP contribution is -2.46. The quantitative estimate of drug-likeness (QED) is 0.739. The second-order valence-corrected chi connectivity index (χ2v) is 4.87. The van der Waals surface area contributed by atoms with Gasteiger partial charge in [-0.3, -0.25) is 9.59 Å². The fourth-order valence-electron chi connectivity index (χ4n) is 2.10. The Morgan fingerprint density at radius 3 is 2.63 bits per heavy atom. The summed E-state index contributed by atoms with van der Waals surface area (Å²) in [6.07, 6.45) is 0.888. The van der Waals surface area contributed by atoms with E-state index in [1.165, 1.54) is 4.90 Å². The van der Waals surface area contributed by atoms with E-state index in [2.05, 4.69) is 5.32 Å². The van der Waals surface area contributed by atoms with E-state index in [0.717, 1.165) is 12.0 Å². The molecule has 5 heteroatoms. The number of hydrogen-bond acceptors (Lipinski definition) is 3. The molecular weight excluding hydrogens is 244 g/mol. The number of hydrogen-bond donors (Lipinski definition) is 2. The number of nitrogens with zero attached hydrogens (tertiary/aromatic N) is 1. The van der Waals surface area contributed by atoms with Crippen molar-refractivity contribution in [3.8, 4) is 0 Å². The third-order valence-electron chi connectivity index (χ3n) is 3.19. The van der Waals surface area contributed by atoms with Crippen molar-refractivity contribution in [2.75, 3.05) is 18.4 Å². The highest BCUT2D eigenvalue weighted by Gasteiger charge is 2.26. The summed E-state index contributed by atoms with van der Waals surface area (Å²) in [6.45, 7) is 2.71. The number of anilines is 1. The lowest BCUT2D eigenvalue weighted by Gasteiger charge is -2.29. The van der Waals surface area contributed by atoms with Crippen LogP contribution in [-0.2, 0) is 9.59 Å². The molecule has 1 aromatic carbocycles. The number of β-amino-alcohol motifs (C(OH)–C–C–N with tert-alkyl or cyclic N) is 1. The molecule has 1 aliphatic rings. The van der Waals surface area contributed by atoms with Crippen molar-refractivity contribution in [2.45, 2.75) is 25.9 Å². The number of piperidine rings is 1. The molecule has 1 aliphatic heterocycles. The van der Waals surface area contributed by atoms with E-state index in [4.69, 9.17) is 0 Å². The predicted octanol–water partition coefficient (Wildman–Crippen LogP) is 0.917.